The van der Waals surface area contributed by atoms with Crippen molar-refractivity contribution in [2.75, 3.05) is 0 Å². The maximum Gasteiger partial charge on any atom is 0.280 e. The lowest BCUT2D eigenvalue weighted by Gasteiger charge is -2.01. The maximum absolute atomic E-state index is 12.7. The zero-order valence-corrected chi connectivity index (χ0v) is 15.0. The van der Waals surface area contributed by atoms with E-state index < -0.39 is 10.7 Å². The maximum atomic E-state index is 12.7. The van der Waals surface area contributed by atoms with Gasteiger partial charge in [0.05, 0.1) is 21.2 Å². The van der Waals surface area contributed by atoms with Gasteiger partial charge in [-0.05, 0) is 18.6 Å². The summed E-state index contributed by atoms with van der Waals surface area (Å²) >= 11 is 5.82. The van der Waals surface area contributed by atoms with E-state index in [0.717, 1.165) is 12.1 Å². The van der Waals surface area contributed by atoms with E-state index in [-0.39, 0.29) is 22.0 Å². The summed E-state index contributed by atoms with van der Waals surface area (Å²) in [4.78, 5) is 27.1. The Bertz CT molecular complexity index is 1090. The van der Waals surface area contributed by atoms with E-state index in [4.69, 9.17) is 11.6 Å². The molecule has 138 valence electrons. The molecule has 0 aliphatic heterocycles. The van der Waals surface area contributed by atoms with Crippen LogP contribution >= 0.6 is 11.6 Å². The fourth-order valence-electron chi connectivity index (χ4n) is 2.57. The first-order chi connectivity index (χ1) is 12.9. The Labute approximate surface area is 158 Å². The number of aryl methyl sites for hydroxylation is 1. The van der Waals surface area contributed by atoms with Gasteiger partial charge in [0.1, 0.15) is 5.69 Å². The highest BCUT2D eigenvalue weighted by atomic mass is 35.5. The van der Waals surface area contributed by atoms with Crippen LogP contribution in [0.4, 0.5) is 11.4 Å². The number of aromatic hydroxyl groups is 1. The number of phenols is 1. The second-order valence-electron chi connectivity index (χ2n) is 5.64. The van der Waals surface area contributed by atoms with E-state index in [1.54, 1.807) is 12.1 Å². The molecule has 9 heteroatoms. The van der Waals surface area contributed by atoms with Gasteiger partial charge in [-0.1, -0.05) is 36.7 Å². The third-order valence-electron chi connectivity index (χ3n) is 3.94. The molecule has 2 N–H and O–H groups in total. The number of para-hydroxylation sites is 1. The summed E-state index contributed by atoms with van der Waals surface area (Å²) in [5.41, 5.74) is 0.877. The van der Waals surface area contributed by atoms with Crippen molar-refractivity contribution in [1.29, 1.82) is 0 Å². The molecule has 3 aromatic rings. The molecule has 8 nitrogen and oxygen atoms in total. The van der Waals surface area contributed by atoms with Gasteiger partial charge in [-0.3, -0.25) is 25.0 Å². The summed E-state index contributed by atoms with van der Waals surface area (Å²) < 4.78 is 1.39. The van der Waals surface area contributed by atoms with Crippen LogP contribution in [-0.2, 0) is 6.42 Å². The van der Waals surface area contributed by atoms with Gasteiger partial charge in [0.25, 0.3) is 11.2 Å². The number of hydrogen-bond acceptors (Lipinski definition) is 5. The number of aromatic amines is 1. The fourth-order valence-corrected chi connectivity index (χ4v) is 2.77. The molecular weight excluding hydrogens is 372 g/mol. The van der Waals surface area contributed by atoms with Crippen LogP contribution in [0.5, 0.6) is 5.75 Å². The van der Waals surface area contributed by atoms with Crippen molar-refractivity contribution in [1.82, 2.24) is 9.78 Å². The van der Waals surface area contributed by atoms with Crippen molar-refractivity contribution in [3.8, 4) is 11.4 Å². The highest BCUT2D eigenvalue weighted by Gasteiger charge is 2.16. The number of aliphatic imine (C=N–C) groups is 1. The Balaban J connectivity index is 2.08. The average molecular weight is 387 g/mol. The third-order valence-corrected chi connectivity index (χ3v) is 4.23. The van der Waals surface area contributed by atoms with E-state index in [9.17, 15) is 20.0 Å². The molecular formula is C18H15ClN4O4. The number of nitro benzene ring substituents is 1. The standard InChI is InChI=1S/C18H15ClN4O4/c1-2-15-13(18(25)22(21-15)11-6-4-3-5-7-11)10-20-16-9-12(23(26)27)8-14(19)17(16)24/h3-10,21,24H,2H2,1H3. The predicted octanol–water partition coefficient (Wildman–Crippen LogP) is 3.75. The molecule has 0 radical (unpaired) electrons. The number of rotatable bonds is 5. The van der Waals surface area contributed by atoms with Gasteiger partial charge in [-0.2, -0.15) is 0 Å². The molecule has 0 aliphatic carbocycles. The summed E-state index contributed by atoms with van der Waals surface area (Å²) in [5, 5.41) is 23.8. The number of benzene rings is 2. The third kappa shape index (κ3) is 3.61. The average Bonchev–Trinajstić information content (AvgIpc) is 2.99. The molecule has 1 aromatic heterocycles. The summed E-state index contributed by atoms with van der Waals surface area (Å²) in [7, 11) is 0. The van der Waals surface area contributed by atoms with Crippen molar-refractivity contribution in [3.05, 3.63) is 79.2 Å². The normalized spacial score (nSPS) is 11.2. The number of nitro groups is 1. The molecule has 2 aromatic carbocycles. The van der Waals surface area contributed by atoms with Crippen LogP contribution in [0.2, 0.25) is 5.02 Å². The lowest BCUT2D eigenvalue weighted by atomic mass is 10.2. The van der Waals surface area contributed by atoms with E-state index in [2.05, 4.69) is 10.1 Å². The molecule has 3 rings (SSSR count). The van der Waals surface area contributed by atoms with Crippen LogP contribution in [0, 0.1) is 10.1 Å². The second kappa shape index (κ2) is 7.46. The molecule has 0 fully saturated rings. The van der Waals surface area contributed by atoms with Gasteiger partial charge in [0.15, 0.2) is 5.75 Å². The molecule has 0 unspecified atom stereocenters. The minimum atomic E-state index is -0.638. The molecule has 0 aliphatic rings. The molecule has 0 atom stereocenters. The second-order valence-corrected chi connectivity index (χ2v) is 6.05. The van der Waals surface area contributed by atoms with Gasteiger partial charge in [-0.15, -0.1) is 0 Å². The molecule has 0 amide bonds. The van der Waals surface area contributed by atoms with E-state index in [0.29, 0.717) is 23.4 Å². The zero-order valence-electron chi connectivity index (χ0n) is 14.2. The summed E-state index contributed by atoms with van der Waals surface area (Å²) in [5.74, 6) is -0.393. The van der Waals surface area contributed by atoms with Crippen LogP contribution in [0.1, 0.15) is 18.2 Å². The van der Waals surface area contributed by atoms with Crippen molar-refractivity contribution in [2.45, 2.75) is 13.3 Å². The number of aromatic nitrogens is 2. The number of nitrogens with one attached hydrogen (secondary N) is 1. The molecule has 0 saturated heterocycles. The Morgan fingerprint density at radius 2 is 2.04 bits per heavy atom. The van der Waals surface area contributed by atoms with Crippen molar-refractivity contribution < 1.29 is 10.0 Å². The smallest absolute Gasteiger partial charge is 0.280 e. The lowest BCUT2D eigenvalue weighted by molar-refractivity contribution is -0.384. The SMILES string of the molecule is CCc1[nH]n(-c2ccccc2)c(=O)c1C=Nc1cc([N+](=O)[O-])cc(Cl)c1O. The predicted molar refractivity (Wildman–Crippen MR) is 103 cm³/mol. The van der Waals surface area contributed by atoms with Crippen LogP contribution < -0.4 is 5.56 Å². The molecule has 27 heavy (non-hydrogen) atoms. The Morgan fingerprint density at radius 3 is 2.67 bits per heavy atom. The highest BCUT2D eigenvalue weighted by Crippen LogP contribution is 2.37. The number of hydrogen-bond donors (Lipinski definition) is 2. The lowest BCUT2D eigenvalue weighted by Crippen LogP contribution is -2.17. The largest absolute Gasteiger partial charge is 0.504 e. The van der Waals surface area contributed by atoms with E-state index in [1.807, 2.05) is 25.1 Å². The summed E-state index contributed by atoms with van der Waals surface area (Å²) in [6.07, 6.45) is 1.81. The van der Waals surface area contributed by atoms with Crippen LogP contribution in [0.3, 0.4) is 0 Å². The number of phenolic OH excluding ortho intramolecular Hbond substituents is 1. The first-order valence-corrected chi connectivity index (χ1v) is 8.40. The fraction of sp³-hybridized carbons (Fsp3) is 0.111. The van der Waals surface area contributed by atoms with Crippen molar-refractivity contribution in [2.24, 2.45) is 4.99 Å². The summed E-state index contributed by atoms with van der Waals surface area (Å²) in [6.45, 7) is 1.87. The molecule has 0 spiro atoms. The summed E-state index contributed by atoms with van der Waals surface area (Å²) in [6, 6.07) is 11.2. The number of non-ortho nitro benzene ring substituents is 1. The topological polar surface area (TPSA) is 114 Å². The Hall–Kier alpha value is -3.39. The van der Waals surface area contributed by atoms with E-state index in [1.165, 1.54) is 10.9 Å². The van der Waals surface area contributed by atoms with Gasteiger partial charge in [0.2, 0.25) is 0 Å². The van der Waals surface area contributed by atoms with Crippen LogP contribution in [-0.4, -0.2) is 26.0 Å². The van der Waals surface area contributed by atoms with Crippen LogP contribution in [0.15, 0.2) is 52.3 Å². The van der Waals surface area contributed by atoms with Crippen molar-refractivity contribution in [3.63, 3.8) is 0 Å². The zero-order chi connectivity index (χ0) is 19.6. The van der Waals surface area contributed by atoms with Gasteiger partial charge < -0.3 is 5.11 Å². The number of nitrogens with zero attached hydrogens (tertiary/aromatic N) is 3. The first-order valence-electron chi connectivity index (χ1n) is 8.02. The van der Waals surface area contributed by atoms with Gasteiger partial charge >= 0.3 is 0 Å². The van der Waals surface area contributed by atoms with Crippen molar-refractivity contribution >= 4 is 29.2 Å². The van der Waals surface area contributed by atoms with Gasteiger partial charge in [0, 0.05) is 24.0 Å². The molecule has 0 bridgehead atoms. The molecule has 0 saturated carbocycles. The minimum absolute atomic E-state index is 0.0943. The van der Waals surface area contributed by atoms with E-state index >= 15 is 0 Å². The molecule has 1 heterocycles. The van der Waals surface area contributed by atoms with Crippen LogP contribution in [0.25, 0.3) is 5.69 Å². The quantitative estimate of drug-likeness (QED) is 0.395. The monoisotopic (exact) mass is 386 g/mol. The number of H-pyrrole nitrogens is 1. The Morgan fingerprint density at radius 1 is 1.33 bits per heavy atom. The first kappa shape index (κ1) is 18.4. The minimum Gasteiger partial charge on any atom is -0.504 e. The highest BCUT2D eigenvalue weighted by molar-refractivity contribution is 6.32. The van der Waals surface area contributed by atoms with Gasteiger partial charge in [-0.25, -0.2) is 4.68 Å². The Kier molecular flexibility index (Phi) is 5.09. The number of halogens is 1.